The van der Waals surface area contributed by atoms with Gasteiger partial charge in [0.2, 0.25) is 0 Å². The molecule has 0 spiro atoms. The first kappa shape index (κ1) is 12.7. The second-order valence-corrected chi connectivity index (χ2v) is 5.65. The standard InChI is InChI=1S/C16H23N3/c1-3-10-19-15-7-4-12(2)11-14(15)18-16(19)8-9-17-13-5-6-13/h4,7,11,13,17H,3,5-6,8-10H2,1-2H3. The summed E-state index contributed by atoms with van der Waals surface area (Å²) in [6, 6.07) is 7.37. The summed E-state index contributed by atoms with van der Waals surface area (Å²) in [5.74, 6) is 1.23. The van der Waals surface area contributed by atoms with Crippen LogP contribution in [0.5, 0.6) is 0 Å². The van der Waals surface area contributed by atoms with E-state index in [2.05, 4.69) is 41.9 Å². The van der Waals surface area contributed by atoms with Crippen LogP contribution in [0.25, 0.3) is 11.0 Å². The molecule has 1 aliphatic carbocycles. The topological polar surface area (TPSA) is 29.9 Å². The molecule has 3 nitrogen and oxygen atoms in total. The molecule has 0 saturated heterocycles. The van der Waals surface area contributed by atoms with E-state index in [1.165, 1.54) is 29.7 Å². The number of aryl methyl sites for hydroxylation is 2. The average Bonchev–Trinajstić information content (AvgIpc) is 3.14. The second kappa shape index (κ2) is 5.33. The molecule has 1 fully saturated rings. The molecule has 102 valence electrons. The molecule has 0 unspecified atom stereocenters. The number of benzene rings is 1. The number of aromatic nitrogens is 2. The predicted octanol–water partition coefficient (Wildman–Crippen LogP) is 3.05. The molecule has 3 rings (SSSR count). The van der Waals surface area contributed by atoms with Crippen molar-refractivity contribution in [2.75, 3.05) is 6.54 Å². The van der Waals surface area contributed by atoms with Gasteiger partial charge in [0.15, 0.2) is 0 Å². The zero-order chi connectivity index (χ0) is 13.2. The van der Waals surface area contributed by atoms with Gasteiger partial charge in [0, 0.05) is 25.6 Å². The normalized spacial score (nSPS) is 15.3. The third-order valence-electron chi connectivity index (χ3n) is 3.79. The van der Waals surface area contributed by atoms with Gasteiger partial charge in [0.05, 0.1) is 11.0 Å². The lowest BCUT2D eigenvalue weighted by Gasteiger charge is -2.08. The van der Waals surface area contributed by atoms with Gasteiger partial charge in [-0.15, -0.1) is 0 Å². The summed E-state index contributed by atoms with van der Waals surface area (Å²) in [5.41, 5.74) is 3.72. The molecule has 0 amide bonds. The molecular formula is C16H23N3. The lowest BCUT2D eigenvalue weighted by molar-refractivity contribution is 0.615. The van der Waals surface area contributed by atoms with Crippen molar-refractivity contribution in [2.24, 2.45) is 0 Å². The maximum atomic E-state index is 4.83. The maximum absolute atomic E-state index is 4.83. The van der Waals surface area contributed by atoms with Crippen molar-refractivity contribution in [1.82, 2.24) is 14.9 Å². The highest BCUT2D eigenvalue weighted by Gasteiger charge is 2.20. The van der Waals surface area contributed by atoms with E-state index in [0.29, 0.717) is 0 Å². The van der Waals surface area contributed by atoms with Crippen LogP contribution in [0, 0.1) is 6.92 Å². The van der Waals surface area contributed by atoms with Gasteiger partial charge in [0.25, 0.3) is 0 Å². The van der Waals surface area contributed by atoms with Crippen LogP contribution >= 0.6 is 0 Å². The van der Waals surface area contributed by atoms with Gasteiger partial charge in [-0.2, -0.15) is 0 Å². The van der Waals surface area contributed by atoms with Gasteiger partial charge in [0.1, 0.15) is 5.82 Å². The summed E-state index contributed by atoms with van der Waals surface area (Å²) in [4.78, 5) is 4.83. The summed E-state index contributed by atoms with van der Waals surface area (Å²) in [5, 5.41) is 3.58. The van der Waals surface area contributed by atoms with Crippen molar-refractivity contribution < 1.29 is 0 Å². The fraction of sp³-hybridized carbons (Fsp3) is 0.562. The zero-order valence-electron chi connectivity index (χ0n) is 11.9. The van der Waals surface area contributed by atoms with Crippen LogP contribution in [0.15, 0.2) is 18.2 Å². The monoisotopic (exact) mass is 257 g/mol. The number of rotatable bonds is 6. The number of nitrogens with zero attached hydrogens (tertiary/aromatic N) is 2. The van der Waals surface area contributed by atoms with Crippen molar-refractivity contribution in [2.45, 2.75) is 52.1 Å². The Morgan fingerprint density at radius 2 is 2.21 bits per heavy atom. The van der Waals surface area contributed by atoms with Gasteiger partial charge in [-0.25, -0.2) is 4.98 Å². The van der Waals surface area contributed by atoms with Crippen molar-refractivity contribution in [3.63, 3.8) is 0 Å². The molecule has 0 bridgehead atoms. The van der Waals surface area contributed by atoms with Crippen molar-refractivity contribution >= 4 is 11.0 Å². The highest BCUT2D eigenvalue weighted by atomic mass is 15.1. The highest BCUT2D eigenvalue weighted by molar-refractivity contribution is 5.76. The Morgan fingerprint density at radius 1 is 1.37 bits per heavy atom. The first-order valence-electron chi connectivity index (χ1n) is 7.47. The molecule has 1 heterocycles. The third kappa shape index (κ3) is 2.81. The van der Waals surface area contributed by atoms with Crippen LogP contribution < -0.4 is 5.32 Å². The predicted molar refractivity (Wildman–Crippen MR) is 79.5 cm³/mol. The first-order chi connectivity index (χ1) is 9.28. The number of imidazole rings is 1. The third-order valence-corrected chi connectivity index (χ3v) is 3.79. The fourth-order valence-electron chi connectivity index (χ4n) is 2.63. The number of hydrogen-bond acceptors (Lipinski definition) is 2. The Balaban J connectivity index is 1.84. The van der Waals surface area contributed by atoms with E-state index in [-0.39, 0.29) is 0 Å². The Bertz CT molecular complexity index is 567. The summed E-state index contributed by atoms with van der Waals surface area (Å²) >= 11 is 0. The number of nitrogens with one attached hydrogen (secondary N) is 1. The summed E-state index contributed by atoms with van der Waals surface area (Å²) in [6.45, 7) is 6.48. The van der Waals surface area contributed by atoms with Crippen molar-refractivity contribution in [3.8, 4) is 0 Å². The first-order valence-corrected chi connectivity index (χ1v) is 7.47. The number of fused-ring (bicyclic) bond motifs is 1. The van der Waals surface area contributed by atoms with Crippen molar-refractivity contribution in [3.05, 3.63) is 29.6 Å². The van der Waals surface area contributed by atoms with Crippen LogP contribution in [-0.4, -0.2) is 22.1 Å². The Hall–Kier alpha value is -1.35. The summed E-state index contributed by atoms with van der Waals surface area (Å²) < 4.78 is 2.39. The van der Waals surface area contributed by atoms with Gasteiger partial charge >= 0.3 is 0 Å². The molecule has 3 heteroatoms. The zero-order valence-corrected chi connectivity index (χ0v) is 11.9. The Kier molecular flexibility index (Phi) is 3.56. The van der Waals surface area contributed by atoms with Gasteiger partial charge in [-0.05, 0) is 43.9 Å². The van der Waals surface area contributed by atoms with E-state index < -0.39 is 0 Å². The molecule has 1 saturated carbocycles. The molecule has 0 atom stereocenters. The minimum Gasteiger partial charge on any atom is -0.328 e. The van der Waals surface area contributed by atoms with E-state index in [1.807, 2.05) is 0 Å². The van der Waals surface area contributed by atoms with E-state index in [0.717, 1.165) is 37.5 Å². The van der Waals surface area contributed by atoms with Crippen molar-refractivity contribution in [1.29, 1.82) is 0 Å². The minimum atomic E-state index is 0.784. The molecule has 1 aliphatic rings. The van der Waals surface area contributed by atoms with Crippen LogP contribution in [0.2, 0.25) is 0 Å². The summed E-state index contributed by atoms with van der Waals surface area (Å²) in [6.07, 6.45) is 4.89. The van der Waals surface area contributed by atoms with E-state index in [4.69, 9.17) is 4.98 Å². The fourth-order valence-corrected chi connectivity index (χ4v) is 2.63. The second-order valence-electron chi connectivity index (χ2n) is 5.65. The quantitative estimate of drug-likeness (QED) is 0.862. The number of hydrogen-bond donors (Lipinski definition) is 1. The van der Waals surface area contributed by atoms with Crippen LogP contribution in [-0.2, 0) is 13.0 Å². The Morgan fingerprint density at radius 3 is 2.95 bits per heavy atom. The molecule has 1 N–H and O–H groups in total. The largest absolute Gasteiger partial charge is 0.328 e. The van der Waals surface area contributed by atoms with Gasteiger partial charge in [-0.3, -0.25) is 0 Å². The molecule has 0 radical (unpaired) electrons. The highest BCUT2D eigenvalue weighted by Crippen LogP contribution is 2.20. The molecule has 2 aromatic rings. The van der Waals surface area contributed by atoms with E-state index >= 15 is 0 Å². The molecular weight excluding hydrogens is 234 g/mol. The molecule has 19 heavy (non-hydrogen) atoms. The average molecular weight is 257 g/mol. The molecule has 1 aromatic heterocycles. The SMILES string of the molecule is CCCn1c(CCNC2CC2)nc2cc(C)ccc21. The molecule has 1 aromatic carbocycles. The smallest absolute Gasteiger partial charge is 0.111 e. The maximum Gasteiger partial charge on any atom is 0.111 e. The molecule has 0 aliphatic heterocycles. The van der Waals surface area contributed by atoms with Gasteiger partial charge < -0.3 is 9.88 Å². The minimum absolute atomic E-state index is 0.784. The van der Waals surface area contributed by atoms with E-state index in [1.54, 1.807) is 0 Å². The summed E-state index contributed by atoms with van der Waals surface area (Å²) in [7, 11) is 0. The van der Waals surface area contributed by atoms with Crippen LogP contribution in [0.3, 0.4) is 0 Å². The van der Waals surface area contributed by atoms with Gasteiger partial charge in [-0.1, -0.05) is 13.0 Å². The van der Waals surface area contributed by atoms with Crippen LogP contribution in [0.1, 0.15) is 37.6 Å². The van der Waals surface area contributed by atoms with Crippen LogP contribution in [0.4, 0.5) is 0 Å². The van der Waals surface area contributed by atoms with E-state index in [9.17, 15) is 0 Å². The lowest BCUT2D eigenvalue weighted by atomic mass is 10.2. The lowest BCUT2D eigenvalue weighted by Crippen LogP contribution is -2.20. The Labute approximate surface area is 115 Å².